The fraction of sp³-hybridized carbons (Fsp3) is 0.276. The monoisotopic (exact) mass is 475 g/mol. The van der Waals surface area contributed by atoms with Crippen LogP contribution in [0.15, 0.2) is 86.0 Å². The molecule has 0 bridgehead atoms. The van der Waals surface area contributed by atoms with Gasteiger partial charge in [0.25, 0.3) is 0 Å². The summed E-state index contributed by atoms with van der Waals surface area (Å²) in [5, 5.41) is 12.2. The predicted molar refractivity (Wildman–Crippen MR) is 137 cm³/mol. The number of benzene rings is 2. The molecule has 0 heterocycles. The van der Waals surface area contributed by atoms with Gasteiger partial charge in [-0.2, -0.15) is 0 Å². The van der Waals surface area contributed by atoms with Crippen molar-refractivity contribution in [1.82, 2.24) is 5.32 Å². The second-order valence-corrected chi connectivity index (χ2v) is 8.35. The molecule has 2 aromatic rings. The average molecular weight is 476 g/mol. The minimum absolute atomic E-state index is 0.0282. The van der Waals surface area contributed by atoms with Crippen LogP contribution in [0.4, 0.5) is 0 Å². The van der Waals surface area contributed by atoms with Crippen LogP contribution in [-0.2, 0) is 32.1 Å². The highest BCUT2D eigenvalue weighted by molar-refractivity contribution is 5.81. The van der Waals surface area contributed by atoms with Gasteiger partial charge in [0.2, 0.25) is 5.91 Å². The second-order valence-electron chi connectivity index (χ2n) is 8.35. The highest BCUT2D eigenvalue weighted by Gasteiger charge is 2.21. The first-order valence-electron chi connectivity index (χ1n) is 11.6. The summed E-state index contributed by atoms with van der Waals surface area (Å²) in [7, 11) is 0. The van der Waals surface area contributed by atoms with Crippen LogP contribution in [0.1, 0.15) is 42.9 Å². The Hall–Kier alpha value is -3.93. The maximum Gasteiger partial charge on any atom is 0.306 e. The van der Waals surface area contributed by atoms with E-state index in [-0.39, 0.29) is 37.8 Å². The molecular weight excluding hydrogens is 442 g/mol. The summed E-state index contributed by atoms with van der Waals surface area (Å²) in [6.45, 7) is 9.29. The van der Waals surface area contributed by atoms with Crippen molar-refractivity contribution >= 4 is 23.4 Å². The Kier molecular flexibility index (Phi) is 11.2. The third-order valence-electron chi connectivity index (χ3n) is 5.51. The first kappa shape index (κ1) is 27.3. The van der Waals surface area contributed by atoms with Gasteiger partial charge >= 0.3 is 11.9 Å². The summed E-state index contributed by atoms with van der Waals surface area (Å²) in [5.41, 5.74) is 3.76. The molecule has 2 atom stereocenters. The van der Waals surface area contributed by atoms with Gasteiger partial charge in [-0.05, 0) is 35.1 Å². The van der Waals surface area contributed by atoms with Crippen LogP contribution in [0.25, 0.3) is 5.57 Å². The molecule has 184 valence electrons. The highest BCUT2D eigenvalue weighted by Crippen LogP contribution is 2.19. The number of carboxylic acid groups (broad SMARTS) is 1. The van der Waals surface area contributed by atoms with Crippen LogP contribution in [0.2, 0.25) is 0 Å². The van der Waals surface area contributed by atoms with Crippen LogP contribution in [0, 0.1) is 5.92 Å². The van der Waals surface area contributed by atoms with Crippen LogP contribution in [-0.4, -0.2) is 29.0 Å². The summed E-state index contributed by atoms with van der Waals surface area (Å²) < 4.78 is 5.22. The summed E-state index contributed by atoms with van der Waals surface area (Å²) in [4.78, 5) is 36.0. The molecule has 2 N–H and O–H groups in total. The molecule has 0 spiro atoms. The van der Waals surface area contributed by atoms with Crippen LogP contribution in [0.5, 0.6) is 0 Å². The normalized spacial score (nSPS) is 12.8. The van der Waals surface area contributed by atoms with E-state index in [1.54, 1.807) is 19.1 Å². The fourth-order valence-electron chi connectivity index (χ4n) is 3.57. The molecule has 0 radical (unpaired) electrons. The van der Waals surface area contributed by atoms with E-state index in [0.29, 0.717) is 6.42 Å². The zero-order valence-corrected chi connectivity index (χ0v) is 20.1. The van der Waals surface area contributed by atoms with Crippen molar-refractivity contribution in [2.75, 3.05) is 0 Å². The lowest BCUT2D eigenvalue weighted by Crippen LogP contribution is -2.38. The molecule has 0 aliphatic carbocycles. The Labute approximate surface area is 207 Å². The number of rotatable bonds is 14. The van der Waals surface area contributed by atoms with Crippen molar-refractivity contribution in [3.8, 4) is 0 Å². The van der Waals surface area contributed by atoms with Crippen molar-refractivity contribution in [2.45, 2.75) is 45.3 Å². The zero-order valence-electron chi connectivity index (χ0n) is 20.1. The number of nitrogens with one attached hydrogen (secondary N) is 1. The number of allylic oxidation sites excluding steroid dienone is 4. The lowest BCUT2D eigenvalue weighted by atomic mass is 9.94. The van der Waals surface area contributed by atoms with E-state index in [1.807, 2.05) is 60.7 Å². The molecule has 0 aromatic heterocycles. The predicted octanol–water partition coefficient (Wildman–Crippen LogP) is 5.10. The molecule has 6 nitrogen and oxygen atoms in total. The summed E-state index contributed by atoms with van der Waals surface area (Å²) in [5.74, 6) is -2.32. The number of amides is 1. The summed E-state index contributed by atoms with van der Waals surface area (Å²) >= 11 is 0. The van der Waals surface area contributed by atoms with E-state index < -0.39 is 17.9 Å². The molecule has 0 aliphatic heterocycles. The van der Waals surface area contributed by atoms with Crippen molar-refractivity contribution in [3.05, 3.63) is 103 Å². The standard InChI is InChI=1S/C29H33NO5/c1-4-9-24(5-2)25-14-12-22(13-15-25)19-26(18-21(3)29(33)34)30-27(31)16-17-28(32)35-20-23-10-7-6-8-11-23/h4-15,21,26H,1-2,16-20H2,3H3,(H,30,31)(H,33,34)/b24-9+/t21?,26-/m0/s1. The summed E-state index contributed by atoms with van der Waals surface area (Å²) in [6.07, 6.45) is 5.98. The lowest BCUT2D eigenvalue weighted by Gasteiger charge is -2.21. The minimum atomic E-state index is -0.922. The molecule has 2 rings (SSSR count). The van der Waals surface area contributed by atoms with E-state index >= 15 is 0 Å². The number of esters is 1. The maximum absolute atomic E-state index is 12.5. The van der Waals surface area contributed by atoms with Crippen LogP contribution >= 0.6 is 0 Å². The molecule has 0 saturated heterocycles. The van der Waals surface area contributed by atoms with Gasteiger partial charge in [-0.25, -0.2) is 0 Å². The molecule has 35 heavy (non-hydrogen) atoms. The van der Waals surface area contributed by atoms with E-state index in [9.17, 15) is 19.5 Å². The van der Waals surface area contributed by atoms with Gasteiger partial charge in [0.15, 0.2) is 0 Å². The quantitative estimate of drug-likeness (QED) is 0.293. The molecule has 0 aliphatic rings. The molecule has 1 amide bonds. The van der Waals surface area contributed by atoms with Crippen molar-refractivity contribution in [2.24, 2.45) is 5.92 Å². The third kappa shape index (κ3) is 9.84. The number of carboxylic acids is 1. The van der Waals surface area contributed by atoms with E-state index in [2.05, 4.69) is 18.5 Å². The number of ether oxygens (including phenoxy) is 1. The van der Waals surface area contributed by atoms with Gasteiger partial charge < -0.3 is 15.2 Å². The summed E-state index contributed by atoms with van der Waals surface area (Å²) in [6, 6.07) is 16.7. The van der Waals surface area contributed by atoms with Gasteiger partial charge in [0.05, 0.1) is 12.3 Å². The zero-order chi connectivity index (χ0) is 25.6. The number of aliphatic carboxylic acids is 1. The Morgan fingerprint density at radius 2 is 1.69 bits per heavy atom. The second kappa shape index (κ2) is 14.4. The first-order chi connectivity index (χ1) is 16.8. The van der Waals surface area contributed by atoms with Crippen molar-refractivity contribution < 1.29 is 24.2 Å². The van der Waals surface area contributed by atoms with Gasteiger partial charge in [-0.1, -0.05) is 92.9 Å². The minimum Gasteiger partial charge on any atom is -0.481 e. The first-order valence-corrected chi connectivity index (χ1v) is 11.6. The Balaban J connectivity index is 1.95. The average Bonchev–Trinajstić information content (AvgIpc) is 2.85. The number of hydrogen-bond acceptors (Lipinski definition) is 4. The largest absolute Gasteiger partial charge is 0.481 e. The Bertz CT molecular complexity index is 1040. The maximum atomic E-state index is 12.5. The van der Waals surface area contributed by atoms with Crippen LogP contribution < -0.4 is 5.32 Å². The van der Waals surface area contributed by atoms with Gasteiger partial charge in [-0.3, -0.25) is 14.4 Å². The molecule has 2 aromatic carbocycles. The van der Waals surface area contributed by atoms with Gasteiger partial charge in [-0.15, -0.1) is 0 Å². The van der Waals surface area contributed by atoms with Gasteiger partial charge in [0, 0.05) is 12.5 Å². The van der Waals surface area contributed by atoms with E-state index in [0.717, 1.165) is 22.3 Å². The third-order valence-corrected chi connectivity index (χ3v) is 5.51. The number of hydrogen-bond donors (Lipinski definition) is 2. The Morgan fingerprint density at radius 1 is 1.00 bits per heavy atom. The smallest absolute Gasteiger partial charge is 0.306 e. The van der Waals surface area contributed by atoms with Crippen molar-refractivity contribution in [3.63, 3.8) is 0 Å². The van der Waals surface area contributed by atoms with E-state index in [4.69, 9.17) is 4.74 Å². The highest BCUT2D eigenvalue weighted by atomic mass is 16.5. The van der Waals surface area contributed by atoms with Crippen LogP contribution in [0.3, 0.4) is 0 Å². The topological polar surface area (TPSA) is 92.7 Å². The fourth-order valence-corrected chi connectivity index (χ4v) is 3.57. The SMILES string of the molecule is C=C/C=C(\C=C)c1ccc(C[C@H](CC(C)C(=O)O)NC(=O)CCC(=O)OCc2ccccc2)cc1. The van der Waals surface area contributed by atoms with Gasteiger partial charge in [0.1, 0.15) is 6.61 Å². The molecule has 0 fully saturated rings. The molecule has 6 heteroatoms. The number of carbonyl (C=O) groups is 3. The Morgan fingerprint density at radius 3 is 2.29 bits per heavy atom. The molecule has 1 unspecified atom stereocenters. The molecule has 0 saturated carbocycles. The molecular formula is C29H33NO5. The van der Waals surface area contributed by atoms with Crippen molar-refractivity contribution in [1.29, 1.82) is 0 Å². The number of carbonyl (C=O) groups excluding carboxylic acids is 2. The lowest BCUT2D eigenvalue weighted by molar-refractivity contribution is -0.146. The van der Waals surface area contributed by atoms with E-state index in [1.165, 1.54) is 0 Å².